The Morgan fingerprint density at radius 2 is 1.62 bits per heavy atom. The first-order valence-electron chi connectivity index (χ1n) is 12.9. The summed E-state index contributed by atoms with van der Waals surface area (Å²) in [5.41, 5.74) is 6.49. The van der Waals surface area contributed by atoms with E-state index in [0.29, 0.717) is 18.9 Å². The van der Waals surface area contributed by atoms with E-state index in [0.717, 1.165) is 57.8 Å². The van der Waals surface area contributed by atoms with Gasteiger partial charge in [0.25, 0.3) is 0 Å². The van der Waals surface area contributed by atoms with E-state index in [4.69, 9.17) is 14.0 Å². The van der Waals surface area contributed by atoms with Gasteiger partial charge in [-0.3, -0.25) is 4.79 Å². The highest BCUT2D eigenvalue weighted by atomic mass is 16.5. The van der Waals surface area contributed by atoms with Gasteiger partial charge in [-0.05, 0) is 63.3 Å². The van der Waals surface area contributed by atoms with Crippen LogP contribution in [0.1, 0.15) is 56.1 Å². The first-order valence-corrected chi connectivity index (χ1v) is 12.9. The number of nitrogens with zero attached hydrogens (tertiary/aromatic N) is 2. The molecule has 0 unspecified atom stereocenters. The lowest BCUT2D eigenvalue weighted by Gasteiger charge is -2.14. The maximum atomic E-state index is 12.4. The second-order valence-corrected chi connectivity index (χ2v) is 9.84. The van der Waals surface area contributed by atoms with Crippen molar-refractivity contribution >= 4 is 5.97 Å². The van der Waals surface area contributed by atoms with E-state index in [9.17, 15) is 4.79 Å². The Balaban J connectivity index is 1.34. The van der Waals surface area contributed by atoms with Gasteiger partial charge in [0.15, 0.2) is 5.76 Å². The van der Waals surface area contributed by atoms with E-state index < -0.39 is 5.41 Å². The number of ether oxygens (including phenoxy) is 2. The Morgan fingerprint density at radius 3 is 2.24 bits per heavy atom. The van der Waals surface area contributed by atoms with E-state index in [1.165, 1.54) is 0 Å². The maximum Gasteiger partial charge on any atom is 0.316 e. The monoisotopic (exact) mass is 496 g/mol. The van der Waals surface area contributed by atoms with Crippen LogP contribution in [0.15, 0.2) is 71.3 Å². The quantitative estimate of drug-likeness (QED) is 0.241. The molecule has 2 heterocycles. The Labute approximate surface area is 217 Å². The summed E-state index contributed by atoms with van der Waals surface area (Å²) in [6.45, 7) is 8.19. The van der Waals surface area contributed by atoms with E-state index in [1.54, 1.807) is 0 Å². The third kappa shape index (κ3) is 5.15. The van der Waals surface area contributed by atoms with Crippen LogP contribution in [-0.4, -0.2) is 28.8 Å². The topological polar surface area (TPSA) is 74.5 Å². The van der Waals surface area contributed by atoms with Crippen LogP contribution in [0.3, 0.4) is 0 Å². The van der Waals surface area contributed by atoms with Gasteiger partial charge in [-0.2, -0.15) is 0 Å². The molecular formula is C31H32N2O4. The van der Waals surface area contributed by atoms with Gasteiger partial charge in [0.1, 0.15) is 0 Å². The predicted molar refractivity (Wildman–Crippen MR) is 142 cm³/mol. The summed E-state index contributed by atoms with van der Waals surface area (Å²) in [6, 6.07) is 22.3. The molecule has 0 amide bonds. The van der Waals surface area contributed by atoms with Crippen LogP contribution in [0.4, 0.5) is 0 Å². The fourth-order valence-corrected chi connectivity index (χ4v) is 4.67. The maximum absolute atomic E-state index is 12.4. The number of rotatable bonds is 9. The van der Waals surface area contributed by atoms with Crippen molar-refractivity contribution < 1.29 is 18.8 Å². The van der Waals surface area contributed by atoms with Crippen molar-refractivity contribution in [3.05, 3.63) is 89.2 Å². The summed E-state index contributed by atoms with van der Waals surface area (Å²) in [7, 11) is 0. The molecule has 6 heteroatoms. The molecule has 1 saturated carbocycles. The third-order valence-corrected chi connectivity index (χ3v) is 6.81. The first-order chi connectivity index (χ1) is 17.9. The van der Waals surface area contributed by atoms with Crippen LogP contribution >= 0.6 is 0 Å². The first kappa shape index (κ1) is 24.8. The van der Waals surface area contributed by atoms with E-state index in [2.05, 4.69) is 58.7 Å². The molecule has 0 saturated heterocycles. The van der Waals surface area contributed by atoms with Crippen molar-refractivity contribution in [3.63, 3.8) is 0 Å². The smallest absolute Gasteiger partial charge is 0.316 e. The number of hydrogen-bond acceptors (Lipinski definition) is 6. The fraction of sp³-hybridized carbons (Fsp3) is 0.323. The summed E-state index contributed by atoms with van der Waals surface area (Å²) in [4.78, 5) is 17.1. The summed E-state index contributed by atoms with van der Waals surface area (Å²) >= 11 is 0. The van der Waals surface area contributed by atoms with Crippen LogP contribution in [0, 0.1) is 6.92 Å². The molecule has 0 spiro atoms. The molecule has 6 nitrogen and oxygen atoms in total. The number of hydrogen-bond donors (Lipinski definition) is 0. The molecule has 0 aliphatic heterocycles. The van der Waals surface area contributed by atoms with Crippen molar-refractivity contribution in [3.8, 4) is 28.3 Å². The highest BCUT2D eigenvalue weighted by Gasteiger charge is 2.52. The standard InChI is InChI=1S/C31H32N2O4/c1-5-35-30(34)31(17-18-31)25-15-13-23(14-16-25)22-9-11-24(12-10-22)29-27(21(4)33-37-29)19-26-7-6-8-28(32-26)36-20(2)3/h6-16,20H,5,17-19H2,1-4H3. The molecule has 1 aliphatic carbocycles. The molecule has 4 aromatic rings. The molecule has 5 rings (SSSR count). The number of carbonyl (C=O) groups excluding carboxylic acids is 1. The molecule has 0 bridgehead atoms. The van der Waals surface area contributed by atoms with Crippen LogP contribution < -0.4 is 4.74 Å². The summed E-state index contributed by atoms with van der Waals surface area (Å²) in [6.07, 6.45) is 2.37. The van der Waals surface area contributed by atoms with Crippen molar-refractivity contribution in [2.24, 2.45) is 0 Å². The van der Waals surface area contributed by atoms with Crippen molar-refractivity contribution in [1.29, 1.82) is 0 Å². The molecule has 190 valence electrons. The van der Waals surface area contributed by atoms with Crippen LogP contribution in [0.5, 0.6) is 5.88 Å². The van der Waals surface area contributed by atoms with Gasteiger partial charge in [0.05, 0.1) is 23.8 Å². The Bertz CT molecular complexity index is 1380. The zero-order valence-corrected chi connectivity index (χ0v) is 21.8. The van der Waals surface area contributed by atoms with Gasteiger partial charge in [-0.25, -0.2) is 4.98 Å². The van der Waals surface area contributed by atoms with Crippen molar-refractivity contribution in [2.45, 2.75) is 58.5 Å². The average molecular weight is 497 g/mol. The van der Waals surface area contributed by atoms with Crippen molar-refractivity contribution in [2.75, 3.05) is 6.61 Å². The Morgan fingerprint density at radius 1 is 0.973 bits per heavy atom. The lowest BCUT2D eigenvalue weighted by Crippen LogP contribution is -2.23. The van der Waals surface area contributed by atoms with Crippen LogP contribution in [0.2, 0.25) is 0 Å². The van der Waals surface area contributed by atoms with E-state index in [-0.39, 0.29) is 12.1 Å². The second-order valence-electron chi connectivity index (χ2n) is 9.84. The van der Waals surface area contributed by atoms with E-state index in [1.807, 2.05) is 45.9 Å². The second kappa shape index (κ2) is 10.2. The lowest BCUT2D eigenvalue weighted by molar-refractivity contribution is -0.146. The molecule has 0 radical (unpaired) electrons. The van der Waals surface area contributed by atoms with Gasteiger partial charge in [0.2, 0.25) is 5.88 Å². The third-order valence-electron chi connectivity index (χ3n) is 6.81. The number of carbonyl (C=O) groups is 1. The highest BCUT2D eigenvalue weighted by Crippen LogP contribution is 2.49. The summed E-state index contributed by atoms with van der Waals surface area (Å²) in [5.74, 6) is 1.26. The normalized spacial score (nSPS) is 14.0. The van der Waals surface area contributed by atoms with E-state index >= 15 is 0 Å². The van der Waals surface area contributed by atoms with Crippen molar-refractivity contribution in [1.82, 2.24) is 10.1 Å². The molecule has 1 aliphatic rings. The highest BCUT2D eigenvalue weighted by molar-refractivity contribution is 5.87. The molecule has 2 aromatic heterocycles. The minimum Gasteiger partial charge on any atom is -0.475 e. The lowest BCUT2D eigenvalue weighted by atomic mass is 9.93. The van der Waals surface area contributed by atoms with Gasteiger partial charge in [0, 0.05) is 29.3 Å². The summed E-state index contributed by atoms with van der Waals surface area (Å²) in [5, 5.41) is 4.23. The Hall–Kier alpha value is -3.93. The predicted octanol–water partition coefficient (Wildman–Crippen LogP) is 6.68. The number of pyridine rings is 1. The molecular weight excluding hydrogens is 464 g/mol. The van der Waals surface area contributed by atoms with Gasteiger partial charge < -0.3 is 14.0 Å². The molecule has 2 aromatic carbocycles. The number of aromatic nitrogens is 2. The molecule has 0 atom stereocenters. The minimum atomic E-state index is -0.450. The SMILES string of the molecule is CCOC(=O)C1(c2ccc(-c3ccc(-c4onc(C)c4Cc4cccc(OC(C)C)n4)cc3)cc2)CC1. The van der Waals surface area contributed by atoms with Crippen LogP contribution in [-0.2, 0) is 21.4 Å². The molecule has 1 fully saturated rings. The Kier molecular flexibility index (Phi) is 6.83. The zero-order valence-electron chi connectivity index (χ0n) is 21.8. The van der Waals surface area contributed by atoms with Crippen LogP contribution in [0.25, 0.3) is 22.5 Å². The minimum absolute atomic E-state index is 0.0674. The average Bonchev–Trinajstić information content (AvgIpc) is 3.63. The van der Waals surface area contributed by atoms with Gasteiger partial charge >= 0.3 is 5.97 Å². The fourth-order valence-electron chi connectivity index (χ4n) is 4.67. The number of aryl methyl sites for hydroxylation is 1. The zero-order chi connectivity index (χ0) is 26.0. The largest absolute Gasteiger partial charge is 0.475 e. The summed E-state index contributed by atoms with van der Waals surface area (Å²) < 4.78 is 16.8. The van der Waals surface area contributed by atoms with Gasteiger partial charge in [-0.1, -0.05) is 59.8 Å². The molecule has 0 N–H and O–H groups in total. The number of esters is 1. The number of benzene rings is 2. The van der Waals surface area contributed by atoms with Gasteiger partial charge in [-0.15, -0.1) is 0 Å². The molecule has 37 heavy (non-hydrogen) atoms.